The van der Waals surface area contributed by atoms with Crippen LogP contribution in [0.3, 0.4) is 0 Å². The van der Waals surface area contributed by atoms with Crippen LogP contribution in [0.4, 0.5) is 5.13 Å². The molecule has 0 aliphatic carbocycles. The second kappa shape index (κ2) is 4.65. The second-order valence-electron chi connectivity index (χ2n) is 3.73. The van der Waals surface area contributed by atoms with E-state index in [0.717, 1.165) is 25.9 Å². The zero-order chi connectivity index (χ0) is 11.5. The molecule has 0 radical (unpaired) electrons. The Morgan fingerprint density at radius 1 is 1.50 bits per heavy atom. The highest BCUT2D eigenvalue weighted by atomic mass is 32.1. The molecule has 2 N–H and O–H groups in total. The van der Waals surface area contributed by atoms with Crippen LogP contribution >= 0.6 is 11.3 Å². The SMILES string of the molecule is CC(=O)N1CCC(Oc2nnc(N)s2)CC1. The summed E-state index contributed by atoms with van der Waals surface area (Å²) >= 11 is 1.24. The Bertz CT molecular complexity index is 373. The molecule has 16 heavy (non-hydrogen) atoms. The molecule has 1 amide bonds. The summed E-state index contributed by atoms with van der Waals surface area (Å²) in [6.07, 6.45) is 1.78. The molecule has 1 saturated heterocycles. The minimum Gasteiger partial charge on any atom is -0.465 e. The van der Waals surface area contributed by atoms with Crippen molar-refractivity contribution in [2.24, 2.45) is 0 Å². The van der Waals surface area contributed by atoms with Gasteiger partial charge < -0.3 is 15.4 Å². The number of amides is 1. The molecule has 0 bridgehead atoms. The topological polar surface area (TPSA) is 81.3 Å². The number of rotatable bonds is 2. The summed E-state index contributed by atoms with van der Waals surface area (Å²) in [6.45, 7) is 3.08. The summed E-state index contributed by atoms with van der Waals surface area (Å²) in [6, 6.07) is 0. The molecule has 2 heterocycles. The van der Waals surface area contributed by atoms with Crippen LogP contribution in [0.2, 0.25) is 0 Å². The highest BCUT2D eigenvalue weighted by Crippen LogP contribution is 2.23. The largest absolute Gasteiger partial charge is 0.465 e. The third-order valence-corrected chi connectivity index (χ3v) is 3.22. The van der Waals surface area contributed by atoms with Gasteiger partial charge in [0.15, 0.2) is 0 Å². The van der Waals surface area contributed by atoms with Gasteiger partial charge in [-0.15, -0.1) is 5.10 Å². The van der Waals surface area contributed by atoms with Crippen LogP contribution in [0.15, 0.2) is 0 Å². The summed E-state index contributed by atoms with van der Waals surface area (Å²) < 4.78 is 5.63. The van der Waals surface area contributed by atoms with Gasteiger partial charge in [-0.2, -0.15) is 0 Å². The fourth-order valence-electron chi connectivity index (χ4n) is 1.70. The van der Waals surface area contributed by atoms with Gasteiger partial charge in [-0.25, -0.2) is 0 Å². The third kappa shape index (κ3) is 2.60. The van der Waals surface area contributed by atoms with Crippen LogP contribution < -0.4 is 10.5 Å². The smallest absolute Gasteiger partial charge is 0.296 e. The fraction of sp³-hybridized carbons (Fsp3) is 0.667. The van der Waals surface area contributed by atoms with Crippen molar-refractivity contribution in [1.82, 2.24) is 15.1 Å². The van der Waals surface area contributed by atoms with Crippen molar-refractivity contribution in [3.63, 3.8) is 0 Å². The van der Waals surface area contributed by atoms with Crippen molar-refractivity contribution in [3.05, 3.63) is 0 Å². The second-order valence-corrected chi connectivity index (χ2v) is 4.70. The van der Waals surface area contributed by atoms with E-state index in [4.69, 9.17) is 10.5 Å². The van der Waals surface area contributed by atoms with Crippen LogP contribution in [0.25, 0.3) is 0 Å². The Balaban J connectivity index is 1.83. The lowest BCUT2D eigenvalue weighted by atomic mass is 10.1. The number of piperidine rings is 1. The van der Waals surface area contributed by atoms with Crippen molar-refractivity contribution < 1.29 is 9.53 Å². The maximum atomic E-state index is 11.1. The Kier molecular flexibility index (Phi) is 3.23. The number of nitrogens with two attached hydrogens (primary N) is 1. The van der Waals surface area contributed by atoms with E-state index in [-0.39, 0.29) is 12.0 Å². The number of carbonyl (C=O) groups excluding carboxylic acids is 1. The highest BCUT2D eigenvalue weighted by Gasteiger charge is 2.22. The van der Waals surface area contributed by atoms with Gasteiger partial charge in [-0.05, 0) is 11.3 Å². The molecular weight excluding hydrogens is 228 g/mol. The summed E-state index contributed by atoms with van der Waals surface area (Å²) in [4.78, 5) is 12.9. The van der Waals surface area contributed by atoms with E-state index >= 15 is 0 Å². The first-order valence-electron chi connectivity index (χ1n) is 5.16. The standard InChI is InChI=1S/C9H14N4O2S/c1-6(14)13-4-2-7(3-5-13)15-9-12-11-8(10)16-9/h7H,2-5H2,1H3,(H2,10,11). The Hall–Kier alpha value is -1.37. The van der Waals surface area contributed by atoms with Crippen molar-refractivity contribution in [3.8, 4) is 5.19 Å². The maximum absolute atomic E-state index is 11.1. The molecule has 1 aliphatic heterocycles. The van der Waals surface area contributed by atoms with E-state index in [1.54, 1.807) is 6.92 Å². The number of aromatic nitrogens is 2. The van der Waals surface area contributed by atoms with Crippen molar-refractivity contribution >= 4 is 22.4 Å². The third-order valence-electron chi connectivity index (χ3n) is 2.58. The number of carbonyl (C=O) groups is 1. The highest BCUT2D eigenvalue weighted by molar-refractivity contribution is 7.16. The quantitative estimate of drug-likeness (QED) is 0.817. The minimum absolute atomic E-state index is 0.114. The minimum atomic E-state index is 0.114. The van der Waals surface area contributed by atoms with Gasteiger partial charge in [0, 0.05) is 32.9 Å². The van der Waals surface area contributed by atoms with E-state index in [9.17, 15) is 4.79 Å². The van der Waals surface area contributed by atoms with Crippen molar-refractivity contribution in [2.45, 2.75) is 25.9 Å². The molecule has 0 atom stereocenters. The lowest BCUT2D eigenvalue weighted by molar-refractivity contribution is -0.130. The van der Waals surface area contributed by atoms with Gasteiger partial charge in [0.05, 0.1) is 0 Å². The summed E-state index contributed by atoms with van der Waals surface area (Å²) in [5.41, 5.74) is 5.46. The number of anilines is 1. The van der Waals surface area contributed by atoms with Crippen LogP contribution in [0.1, 0.15) is 19.8 Å². The molecule has 1 fully saturated rings. The Morgan fingerprint density at radius 2 is 2.19 bits per heavy atom. The van der Waals surface area contributed by atoms with Crippen LogP contribution in [0, 0.1) is 0 Å². The first-order chi connectivity index (χ1) is 7.65. The predicted molar refractivity (Wildman–Crippen MR) is 60.2 cm³/mol. The van der Waals surface area contributed by atoms with Crippen molar-refractivity contribution in [1.29, 1.82) is 0 Å². The summed E-state index contributed by atoms with van der Waals surface area (Å²) in [5, 5.41) is 8.41. The van der Waals surface area contributed by atoms with Gasteiger partial charge in [-0.3, -0.25) is 4.79 Å². The van der Waals surface area contributed by atoms with E-state index in [1.807, 2.05) is 4.90 Å². The zero-order valence-corrected chi connectivity index (χ0v) is 9.87. The van der Waals surface area contributed by atoms with Gasteiger partial charge in [0.25, 0.3) is 5.19 Å². The molecule has 1 aromatic heterocycles. The molecule has 0 saturated carbocycles. The van der Waals surface area contributed by atoms with Gasteiger partial charge in [0.2, 0.25) is 11.0 Å². The summed E-state index contributed by atoms with van der Waals surface area (Å²) in [7, 11) is 0. The number of likely N-dealkylation sites (tertiary alicyclic amines) is 1. The fourth-order valence-corrected chi connectivity index (χ4v) is 2.23. The molecule has 7 heteroatoms. The van der Waals surface area contributed by atoms with Gasteiger partial charge in [-0.1, -0.05) is 5.10 Å². The van der Waals surface area contributed by atoms with Crippen LogP contribution in [-0.2, 0) is 4.79 Å². The average Bonchev–Trinajstić information content (AvgIpc) is 2.65. The average molecular weight is 242 g/mol. The van der Waals surface area contributed by atoms with Crippen LogP contribution in [0.5, 0.6) is 5.19 Å². The first kappa shape index (κ1) is 11.1. The first-order valence-corrected chi connectivity index (χ1v) is 5.98. The molecule has 0 aromatic carbocycles. The van der Waals surface area contributed by atoms with Gasteiger partial charge >= 0.3 is 0 Å². The molecule has 2 rings (SSSR count). The molecule has 0 spiro atoms. The molecule has 6 nitrogen and oxygen atoms in total. The normalized spacial score (nSPS) is 17.4. The molecule has 1 aliphatic rings. The number of hydrogen-bond donors (Lipinski definition) is 1. The molecular formula is C9H14N4O2S. The molecule has 0 unspecified atom stereocenters. The predicted octanol–water partition coefficient (Wildman–Crippen LogP) is 0.510. The number of ether oxygens (including phenoxy) is 1. The van der Waals surface area contributed by atoms with E-state index < -0.39 is 0 Å². The Labute approximate surface area is 97.4 Å². The van der Waals surface area contributed by atoms with E-state index in [2.05, 4.69) is 10.2 Å². The van der Waals surface area contributed by atoms with Crippen molar-refractivity contribution in [2.75, 3.05) is 18.8 Å². The summed E-state index contributed by atoms with van der Waals surface area (Å²) in [5.74, 6) is 0.124. The lowest BCUT2D eigenvalue weighted by Crippen LogP contribution is -2.40. The maximum Gasteiger partial charge on any atom is 0.296 e. The molecule has 1 aromatic rings. The molecule has 88 valence electrons. The van der Waals surface area contributed by atoms with Gasteiger partial charge in [0.1, 0.15) is 6.10 Å². The van der Waals surface area contributed by atoms with E-state index in [1.165, 1.54) is 11.3 Å². The Morgan fingerprint density at radius 3 is 2.69 bits per heavy atom. The number of hydrogen-bond acceptors (Lipinski definition) is 6. The number of nitrogen functional groups attached to an aromatic ring is 1. The lowest BCUT2D eigenvalue weighted by Gasteiger charge is -2.30. The van der Waals surface area contributed by atoms with E-state index in [0.29, 0.717) is 10.3 Å². The number of nitrogens with zero attached hydrogens (tertiary/aromatic N) is 3. The zero-order valence-electron chi connectivity index (χ0n) is 9.05. The monoisotopic (exact) mass is 242 g/mol. The van der Waals surface area contributed by atoms with Crippen LogP contribution in [-0.4, -0.2) is 40.2 Å².